The Morgan fingerprint density at radius 3 is 2.61 bits per heavy atom. The van der Waals surface area contributed by atoms with E-state index in [-0.39, 0.29) is 16.7 Å². The van der Waals surface area contributed by atoms with Crippen LogP contribution < -0.4 is 5.32 Å². The summed E-state index contributed by atoms with van der Waals surface area (Å²) in [5, 5.41) is 11.4. The smallest absolute Gasteiger partial charge is 0.275 e. The number of hydrogen-bond donors (Lipinski definition) is 1. The molecule has 2 heterocycles. The molecule has 1 N–H and O–H groups in total. The zero-order chi connectivity index (χ0) is 13.0. The van der Waals surface area contributed by atoms with Crippen LogP contribution in [-0.4, -0.2) is 20.9 Å². The van der Waals surface area contributed by atoms with Gasteiger partial charge in [0.15, 0.2) is 5.82 Å². The Bertz CT molecular complexity index is 603. The Hall–Kier alpha value is -2.52. The summed E-state index contributed by atoms with van der Waals surface area (Å²) in [4.78, 5) is 23.2. The quantitative estimate of drug-likeness (QED) is 0.885. The molecule has 0 spiro atoms. The van der Waals surface area contributed by atoms with Crippen molar-refractivity contribution in [2.24, 2.45) is 0 Å². The minimum absolute atomic E-state index is 0.186. The monoisotopic (exact) mass is 259 g/mol. The molecule has 0 aromatic carbocycles. The molecule has 88 valence electrons. The van der Waals surface area contributed by atoms with Gasteiger partial charge in [0.1, 0.15) is 16.9 Å². The van der Waals surface area contributed by atoms with Gasteiger partial charge in [-0.25, -0.2) is 15.0 Å². The number of rotatable bonds is 2. The number of carbonyl (C=O) groups is 1. The second-order valence-electron chi connectivity index (χ2n) is 3.22. The van der Waals surface area contributed by atoms with Gasteiger partial charge in [-0.2, -0.15) is 5.26 Å². The Morgan fingerprint density at radius 2 is 2.06 bits per heavy atom. The third-order valence-electron chi connectivity index (χ3n) is 1.99. The van der Waals surface area contributed by atoms with E-state index in [9.17, 15) is 4.79 Å². The van der Waals surface area contributed by atoms with Crippen molar-refractivity contribution in [3.05, 3.63) is 47.1 Å². The zero-order valence-corrected chi connectivity index (χ0v) is 9.72. The van der Waals surface area contributed by atoms with Gasteiger partial charge >= 0.3 is 0 Å². The van der Waals surface area contributed by atoms with E-state index in [1.54, 1.807) is 0 Å². The van der Waals surface area contributed by atoms with E-state index >= 15 is 0 Å². The number of pyridine rings is 1. The first kappa shape index (κ1) is 12.0. The maximum Gasteiger partial charge on any atom is 0.275 e. The fourth-order valence-corrected chi connectivity index (χ4v) is 1.25. The second kappa shape index (κ2) is 5.21. The first-order chi connectivity index (χ1) is 8.69. The molecule has 0 fully saturated rings. The Kier molecular flexibility index (Phi) is 3.46. The fourth-order valence-electron chi connectivity index (χ4n) is 1.15. The number of carbonyl (C=O) groups excluding carboxylic acids is 1. The molecule has 0 atom stereocenters. The van der Waals surface area contributed by atoms with Crippen molar-refractivity contribution in [2.75, 3.05) is 5.32 Å². The van der Waals surface area contributed by atoms with E-state index in [1.165, 1.54) is 30.7 Å². The van der Waals surface area contributed by atoms with Gasteiger partial charge in [0, 0.05) is 6.20 Å². The first-order valence-corrected chi connectivity index (χ1v) is 5.22. The minimum Gasteiger partial charge on any atom is -0.304 e. The number of aromatic nitrogens is 3. The van der Waals surface area contributed by atoms with Crippen LogP contribution in [0.15, 0.2) is 30.7 Å². The second-order valence-corrected chi connectivity index (χ2v) is 3.61. The van der Waals surface area contributed by atoms with Gasteiger partial charge in [0.25, 0.3) is 5.91 Å². The molecule has 0 aliphatic rings. The molecule has 7 heteroatoms. The van der Waals surface area contributed by atoms with Crippen LogP contribution in [0.2, 0.25) is 5.15 Å². The molecule has 0 saturated carbocycles. The summed E-state index contributed by atoms with van der Waals surface area (Å²) in [7, 11) is 0. The summed E-state index contributed by atoms with van der Waals surface area (Å²) in [5.41, 5.74) is 0.573. The summed E-state index contributed by atoms with van der Waals surface area (Å²) < 4.78 is 0. The molecule has 1 amide bonds. The molecule has 0 aliphatic carbocycles. The van der Waals surface area contributed by atoms with Crippen molar-refractivity contribution >= 4 is 23.3 Å². The Morgan fingerprint density at radius 1 is 1.22 bits per heavy atom. The zero-order valence-electron chi connectivity index (χ0n) is 8.96. The van der Waals surface area contributed by atoms with Crippen LogP contribution in [0.25, 0.3) is 0 Å². The lowest BCUT2D eigenvalue weighted by Gasteiger charge is -2.02. The predicted molar refractivity (Wildman–Crippen MR) is 63.9 cm³/mol. The molecule has 2 aromatic heterocycles. The van der Waals surface area contributed by atoms with Crippen LogP contribution in [0.1, 0.15) is 16.1 Å². The van der Waals surface area contributed by atoms with Gasteiger partial charge < -0.3 is 5.32 Å². The average Bonchev–Trinajstić information content (AvgIpc) is 2.41. The van der Waals surface area contributed by atoms with Crippen molar-refractivity contribution < 1.29 is 4.79 Å². The maximum atomic E-state index is 11.7. The molecular weight excluding hydrogens is 254 g/mol. The molecule has 0 saturated heterocycles. The molecule has 0 aliphatic heterocycles. The third kappa shape index (κ3) is 2.78. The highest BCUT2D eigenvalue weighted by atomic mass is 35.5. The highest BCUT2D eigenvalue weighted by Crippen LogP contribution is 2.07. The summed E-state index contributed by atoms with van der Waals surface area (Å²) in [6.45, 7) is 0. The van der Waals surface area contributed by atoms with Crippen LogP contribution in [0.3, 0.4) is 0 Å². The van der Waals surface area contributed by atoms with E-state index in [2.05, 4.69) is 20.3 Å². The standard InChI is InChI=1S/C11H6ClN5O/c12-9-5-16-10(6-15-9)17-11(18)8-2-1-7(3-13)4-14-8/h1-2,4-6H,(H,16,17,18). The normalized spacial score (nSPS) is 9.56. The van der Waals surface area contributed by atoms with E-state index in [4.69, 9.17) is 16.9 Å². The largest absolute Gasteiger partial charge is 0.304 e. The SMILES string of the molecule is N#Cc1ccc(C(=O)Nc2cnc(Cl)cn2)nc1. The molecular formula is C11H6ClN5O. The number of anilines is 1. The van der Waals surface area contributed by atoms with Gasteiger partial charge in [0.05, 0.1) is 18.0 Å². The minimum atomic E-state index is -0.434. The molecule has 2 rings (SSSR count). The number of amides is 1. The Labute approximate surface area is 107 Å². The first-order valence-electron chi connectivity index (χ1n) is 4.84. The van der Waals surface area contributed by atoms with E-state index in [1.807, 2.05) is 6.07 Å². The third-order valence-corrected chi connectivity index (χ3v) is 2.18. The van der Waals surface area contributed by atoms with Crippen molar-refractivity contribution in [2.45, 2.75) is 0 Å². The molecule has 2 aromatic rings. The van der Waals surface area contributed by atoms with Crippen molar-refractivity contribution in [1.29, 1.82) is 5.26 Å². The van der Waals surface area contributed by atoms with Crippen LogP contribution in [0.4, 0.5) is 5.82 Å². The number of hydrogen-bond acceptors (Lipinski definition) is 5. The molecule has 0 radical (unpaired) electrons. The van der Waals surface area contributed by atoms with Gasteiger partial charge in [-0.05, 0) is 12.1 Å². The van der Waals surface area contributed by atoms with Crippen LogP contribution in [0.5, 0.6) is 0 Å². The number of nitrogens with zero attached hydrogens (tertiary/aromatic N) is 4. The predicted octanol–water partition coefficient (Wildman–Crippen LogP) is 1.65. The van der Waals surface area contributed by atoms with Gasteiger partial charge in [-0.3, -0.25) is 4.79 Å². The summed E-state index contributed by atoms with van der Waals surface area (Å²) >= 11 is 5.57. The summed E-state index contributed by atoms with van der Waals surface area (Å²) in [6.07, 6.45) is 3.98. The maximum absolute atomic E-state index is 11.7. The lowest BCUT2D eigenvalue weighted by molar-refractivity contribution is 0.102. The van der Waals surface area contributed by atoms with Gasteiger partial charge in [0.2, 0.25) is 0 Å². The molecule has 0 bridgehead atoms. The molecule has 6 nitrogen and oxygen atoms in total. The van der Waals surface area contributed by atoms with Gasteiger partial charge in [-0.15, -0.1) is 0 Å². The highest BCUT2D eigenvalue weighted by molar-refractivity contribution is 6.29. The van der Waals surface area contributed by atoms with E-state index in [0.29, 0.717) is 5.56 Å². The molecule has 18 heavy (non-hydrogen) atoms. The lowest BCUT2D eigenvalue weighted by atomic mass is 10.2. The van der Waals surface area contributed by atoms with E-state index < -0.39 is 5.91 Å². The number of nitrogens with one attached hydrogen (secondary N) is 1. The van der Waals surface area contributed by atoms with E-state index in [0.717, 1.165) is 0 Å². The Balaban J connectivity index is 2.12. The number of halogens is 1. The van der Waals surface area contributed by atoms with Crippen molar-refractivity contribution in [3.8, 4) is 6.07 Å². The highest BCUT2D eigenvalue weighted by Gasteiger charge is 2.08. The van der Waals surface area contributed by atoms with Crippen molar-refractivity contribution in [3.63, 3.8) is 0 Å². The summed E-state index contributed by atoms with van der Waals surface area (Å²) in [6, 6.07) is 4.88. The number of nitriles is 1. The summed E-state index contributed by atoms with van der Waals surface area (Å²) in [5.74, 6) is -0.160. The van der Waals surface area contributed by atoms with Crippen LogP contribution >= 0.6 is 11.6 Å². The molecule has 0 unspecified atom stereocenters. The topological polar surface area (TPSA) is 91.6 Å². The fraction of sp³-hybridized carbons (Fsp3) is 0. The van der Waals surface area contributed by atoms with Crippen LogP contribution in [0, 0.1) is 11.3 Å². The van der Waals surface area contributed by atoms with Crippen molar-refractivity contribution in [1.82, 2.24) is 15.0 Å². The van der Waals surface area contributed by atoms with Gasteiger partial charge in [-0.1, -0.05) is 11.6 Å². The lowest BCUT2D eigenvalue weighted by Crippen LogP contribution is -2.14. The van der Waals surface area contributed by atoms with Crippen LogP contribution in [-0.2, 0) is 0 Å². The average molecular weight is 260 g/mol.